The average Bonchev–Trinajstić information content (AvgIpc) is 3.23. The van der Waals surface area contributed by atoms with Gasteiger partial charge in [0.2, 0.25) is 5.82 Å². The van der Waals surface area contributed by atoms with Crippen molar-refractivity contribution in [2.45, 2.75) is 6.18 Å². The maximum absolute atomic E-state index is 13.7. The number of morpholine rings is 1. The van der Waals surface area contributed by atoms with Crippen molar-refractivity contribution in [1.82, 2.24) is 10.1 Å². The summed E-state index contributed by atoms with van der Waals surface area (Å²) in [5, 5.41) is 3.90. The number of anilines is 1. The number of aromatic nitrogens is 2. The molecule has 0 atom stereocenters. The molecule has 0 saturated carbocycles. The smallest absolute Gasteiger partial charge is 0.418 e. The molecule has 1 aromatic heterocycles. The largest absolute Gasteiger partial charge is 0.496 e. The van der Waals surface area contributed by atoms with Gasteiger partial charge in [-0.15, -0.1) is 0 Å². The molecule has 1 fully saturated rings. The van der Waals surface area contributed by atoms with E-state index in [-0.39, 0.29) is 23.0 Å². The SMILES string of the molecule is COc1ccccc1-c1noc(-c2ccc(N3CCOCC3)c(C(F)(F)F)c2)n1. The Hall–Kier alpha value is -3.07. The Morgan fingerprint density at radius 3 is 2.55 bits per heavy atom. The van der Waals surface area contributed by atoms with Crippen LogP contribution in [0.4, 0.5) is 18.9 Å². The van der Waals surface area contributed by atoms with Gasteiger partial charge in [-0.1, -0.05) is 17.3 Å². The minimum Gasteiger partial charge on any atom is -0.496 e. The molecule has 0 radical (unpaired) electrons. The van der Waals surface area contributed by atoms with E-state index in [2.05, 4.69) is 10.1 Å². The summed E-state index contributed by atoms with van der Waals surface area (Å²) in [6, 6.07) is 11.1. The molecular weight excluding hydrogens is 387 g/mol. The quantitative estimate of drug-likeness (QED) is 0.646. The number of methoxy groups -OCH3 is 1. The molecule has 2 aromatic carbocycles. The van der Waals surface area contributed by atoms with E-state index in [1.807, 2.05) is 0 Å². The van der Waals surface area contributed by atoms with Crippen LogP contribution >= 0.6 is 0 Å². The molecule has 0 aliphatic carbocycles. The minimum absolute atomic E-state index is 0.00457. The van der Waals surface area contributed by atoms with E-state index in [1.54, 1.807) is 35.2 Å². The predicted octanol–water partition coefficient (Wildman–Crippen LogP) is 4.27. The van der Waals surface area contributed by atoms with Gasteiger partial charge in [-0.25, -0.2) is 0 Å². The van der Waals surface area contributed by atoms with E-state index in [0.29, 0.717) is 37.6 Å². The van der Waals surface area contributed by atoms with Crippen molar-refractivity contribution in [2.24, 2.45) is 0 Å². The Balaban J connectivity index is 1.72. The third-order valence-corrected chi connectivity index (χ3v) is 4.67. The molecule has 9 heteroatoms. The third kappa shape index (κ3) is 3.91. The number of rotatable bonds is 4. The molecule has 1 saturated heterocycles. The van der Waals surface area contributed by atoms with Crippen LogP contribution in [-0.4, -0.2) is 43.6 Å². The second-order valence-electron chi connectivity index (χ2n) is 6.45. The van der Waals surface area contributed by atoms with Gasteiger partial charge in [-0.2, -0.15) is 18.2 Å². The summed E-state index contributed by atoms with van der Waals surface area (Å²) in [5.41, 5.74) is 0.164. The van der Waals surface area contributed by atoms with Crippen molar-refractivity contribution in [3.05, 3.63) is 48.0 Å². The van der Waals surface area contributed by atoms with E-state index in [4.69, 9.17) is 14.0 Å². The van der Waals surface area contributed by atoms with Gasteiger partial charge < -0.3 is 18.9 Å². The van der Waals surface area contributed by atoms with Crippen LogP contribution in [-0.2, 0) is 10.9 Å². The van der Waals surface area contributed by atoms with E-state index >= 15 is 0 Å². The highest BCUT2D eigenvalue weighted by molar-refractivity contribution is 5.68. The lowest BCUT2D eigenvalue weighted by atomic mass is 10.1. The lowest BCUT2D eigenvalue weighted by Crippen LogP contribution is -2.37. The highest BCUT2D eigenvalue weighted by Crippen LogP contribution is 2.39. The zero-order chi connectivity index (χ0) is 20.4. The fourth-order valence-electron chi connectivity index (χ4n) is 3.26. The molecule has 29 heavy (non-hydrogen) atoms. The normalized spacial score (nSPS) is 14.8. The number of para-hydroxylation sites is 1. The molecule has 1 aliphatic rings. The van der Waals surface area contributed by atoms with Crippen molar-refractivity contribution in [1.29, 1.82) is 0 Å². The van der Waals surface area contributed by atoms with Crippen LogP contribution < -0.4 is 9.64 Å². The summed E-state index contributed by atoms with van der Waals surface area (Å²) < 4.78 is 56.9. The number of nitrogens with zero attached hydrogens (tertiary/aromatic N) is 3. The van der Waals surface area contributed by atoms with Gasteiger partial charge in [-0.05, 0) is 30.3 Å². The maximum Gasteiger partial charge on any atom is 0.418 e. The molecule has 0 spiro atoms. The zero-order valence-corrected chi connectivity index (χ0v) is 15.6. The van der Waals surface area contributed by atoms with Crippen LogP contribution in [0.2, 0.25) is 0 Å². The van der Waals surface area contributed by atoms with Gasteiger partial charge in [-0.3, -0.25) is 0 Å². The first-order chi connectivity index (χ1) is 14.0. The van der Waals surface area contributed by atoms with Crippen molar-refractivity contribution in [3.63, 3.8) is 0 Å². The Morgan fingerprint density at radius 1 is 1.07 bits per heavy atom. The Bertz CT molecular complexity index is 998. The first kappa shape index (κ1) is 19.3. The van der Waals surface area contributed by atoms with Gasteiger partial charge in [0.05, 0.1) is 31.5 Å². The molecule has 3 aromatic rings. The fraction of sp³-hybridized carbons (Fsp3) is 0.300. The number of ether oxygens (including phenoxy) is 2. The van der Waals surface area contributed by atoms with Crippen molar-refractivity contribution >= 4 is 5.69 Å². The lowest BCUT2D eigenvalue weighted by Gasteiger charge is -2.31. The second-order valence-corrected chi connectivity index (χ2v) is 6.45. The first-order valence-corrected chi connectivity index (χ1v) is 8.99. The second kappa shape index (κ2) is 7.75. The highest BCUT2D eigenvalue weighted by atomic mass is 19.4. The third-order valence-electron chi connectivity index (χ3n) is 4.67. The van der Waals surface area contributed by atoms with Crippen LogP contribution in [0.1, 0.15) is 5.56 Å². The number of hydrogen-bond acceptors (Lipinski definition) is 6. The van der Waals surface area contributed by atoms with E-state index in [9.17, 15) is 13.2 Å². The molecule has 0 amide bonds. The molecule has 0 unspecified atom stereocenters. The van der Waals surface area contributed by atoms with Crippen LogP contribution in [0.3, 0.4) is 0 Å². The Labute approximate surface area is 164 Å². The molecule has 0 bridgehead atoms. The number of benzene rings is 2. The summed E-state index contributed by atoms with van der Waals surface area (Å²) in [6.45, 7) is 1.60. The van der Waals surface area contributed by atoms with E-state index < -0.39 is 11.7 Å². The van der Waals surface area contributed by atoms with Gasteiger partial charge >= 0.3 is 6.18 Å². The number of hydrogen-bond donors (Lipinski definition) is 0. The van der Waals surface area contributed by atoms with E-state index in [1.165, 1.54) is 13.2 Å². The van der Waals surface area contributed by atoms with E-state index in [0.717, 1.165) is 6.07 Å². The maximum atomic E-state index is 13.7. The van der Waals surface area contributed by atoms with Crippen LogP contribution in [0.15, 0.2) is 47.0 Å². The molecule has 1 aliphatic heterocycles. The first-order valence-electron chi connectivity index (χ1n) is 8.99. The standard InChI is InChI=1S/C20H18F3N3O3/c1-27-17-5-3-2-4-14(17)18-24-19(29-25-18)13-6-7-16(15(12-13)20(21,22)23)26-8-10-28-11-9-26/h2-7,12H,8-11H2,1H3. The topological polar surface area (TPSA) is 60.6 Å². The molecule has 0 N–H and O–H groups in total. The molecule has 4 rings (SSSR count). The summed E-state index contributed by atoms with van der Waals surface area (Å²) in [7, 11) is 1.51. The van der Waals surface area contributed by atoms with Crippen molar-refractivity contribution in [3.8, 4) is 28.6 Å². The van der Waals surface area contributed by atoms with Crippen LogP contribution in [0.5, 0.6) is 5.75 Å². The molecule has 2 heterocycles. The number of halogens is 3. The van der Waals surface area contributed by atoms with Gasteiger partial charge in [0.15, 0.2) is 0 Å². The molecular formula is C20H18F3N3O3. The van der Waals surface area contributed by atoms with Crippen molar-refractivity contribution in [2.75, 3.05) is 38.3 Å². The zero-order valence-electron chi connectivity index (χ0n) is 15.6. The fourth-order valence-corrected chi connectivity index (χ4v) is 3.26. The highest BCUT2D eigenvalue weighted by Gasteiger charge is 2.36. The summed E-state index contributed by atoms with van der Waals surface area (Å²) in [5.74, 6) is 0.784. The Kier molecular flexibility index (Phi) is 5.14. The summed E-state index contributed by atoms with van der Waals surface area (Å²) in [4.78, 5) is 5.94. The molecule has 152 valence electrons. The van der Waals surface area contributed by atoms with Crippen molar-refractivity contribution < 1.29 is 27.2 Å². The van der Waals surface area contributed by atoms with Crippen LogP contribution in [0, 0.1) is 0 Å². The minimum atomic E-state index is -4.52. The number of alkyl halides is 3. The summed E-state index contributed by atoms with van der Waals surface area (Å²) >= 11 is 0. The lowest BCUT2D eigenvalue weighted by molar-refractivity contribution is -0.137. The Morgan fingerprint density at radius 2 is 1.83 bits per heavy atom. The average molecular weight is 405 g/mol. The van der Waals surface area contributed by atoms with Gasteiger partial charge in [0.25, 0.3) is 5.89 Å². The molecule has 6 nitrogen and oxygen atoms in total. The van der Waals surface area contributed by atoms with Crippen LogP contribution in [0.25, 0.3) is 22.8 Å². The van der Waals surface area contributed by atoms with Gasteiger partial charge in [0.1, 0.15) is 5.75 Å². The monoisotopic (exact) mass is 405 g/mol. The van der Waals surface area contributed by atoms with Gasteiger partial charge in [0, 0.05) is 24.3 Å². The summed E-state index contributed by atoms with van der Waals surface area (Å²) in [6.07, 6.45) is -4.52. The predicted molar refractivity (Wildman–Crippen MR) is 99.8 cm³/mol.